The Morgan fingerprint density at radius 3 is 2.80 bits per heavy atom. The highest BCUT2D eigenvalue weighted by Gasteiger charge is 2.21. The van der Waals surface area contributed by atoms with E-state index in [0.717, 1.165) is 38.8 Å². The summed E-state index contributed by atoms with van der Waals surface area (Å²) in [7, 11) is 0. The minimum atomic E-state index is 0.180. The van der Waals surface area contributed by atoms with Crippen LogP contribution in [-0.2, 0) is 4.79 Å². The predicted molar refractivity (Wildman–Crippen MR) is 59.5 cm³/mol. The number of nitrogens with one attached hydrogen (secondary N) is 2. The zero-order valence-electron chi connectivity index (χ0n) is 9.46. The maximum Gasteiger partial charge on any atom is 0.223 e. The molecule has 1 aliphatic heterocycles. The summed E-state index contributed by atoms with van der Waals surface area (Å²) in [6, 6.07) is 0.180. The first-order valence-corrected chi connectivity index (χ1v) is 5.86. The molecule has 0 aromatic carbocycles. The van der Waals surface area contributed by atoms with Gasteiger partial charge in [-0.15, -0.1) is 0 Å². The molecule has 4 nitrogen and oxygen atoms in total. The normalized spacial score (nSPS) is 19.9. The lowest BCUT2D eigenvalue weighted by Crippen LogP contribution is -2.41. The summed E-state index contributed by atoms with van der Waals surface area (Å²) in [6.45, 7) is 4.09. The Balaban J connectivity index is 2.21. The number of aliphatic hydroxyl groups excluding tert-OH is 1. The number of piperidine rings is 1. The molecule has 0 bridgehead atoms. The molecule has 0 saturated carbocycles. The van der Waals surface area contributed by atoms with E-state index < -0.39 is 0 Å². The zero-order valence-corrected chi connectivity index (χ0v) is 9.46. The minimum Gasteiger partial charge on any atom is -0.396 e. The fourth-order valence-electron chi connectivity index (χ4n) is 1.91. The van der Waals surface area contributed by atoms with E-state index in [-0.39, 0.29) is 24.5 Å². The Kier molecular flexibility index (Phi) is 5.65. The third kappa shape index (κ3) is 4.62. The molecule has 1 aliphatic rings. The van der Waals surface area contributed by atoms with Crippen LogP contribution in [0.25, 0.3) is 0 Å². The van der Waals surface area contributed by atoms with Crippen LogP contribution in [0.15, 0.2) is 0 Å². The quantitative estimate of drug-likeness (QED) is 0.615. The van der Waals surface area contributed by atoms with Crippen molar-refractivity contribution >= 4 is 5.91 Å². The molecular formula is C11H22N2O2. The van der Waals surface area contributed by atoms with Crippen molar-refractivity contribution in [1.29, 1.82) is 0 Å². The van der Waals surface area contributed by atoms with Crippen molar-refractivity contribution in [3.05, 3.63) is 0 Å². The van der Waals surface area contributed by atoms with Gasteiger partial charge < -0.3 is 15.7 Å². The van der Waals surface area contributed by atoms with E-state index >= 15 is 0 Å². The van der Waals surface area contributed by atoms with Gasteiger partial charge in [-0.1, -0.05) is 0 Å². The topological polar surface area (TPSA) is 61.4 Å². The standard InChI is InChI=1S/C11H22N2O2/c1-9(3-2-8-14)13-11(15)10-4-6-12-7-5-10/h9-10,12,14H,2-8H2,1H3,(H,13,15). The number of carbonyl (C=O) groups is 1. The van der Waals surface area contributed by atoms with E-state index in [4.69, 9.17) is 5.11 Å². The summed E-state index contributed by atoms with van der Waals surface area (Å²) in [4.78, 5) is 11.8. The van der Waals surface area contributed by atoms with Gasteiger partial charge in [0, 0.05) is 18.6 Å². The molecule has 1 unspecified atom stereocenters. The smallest absolute Gasteiger partial charge is 0.223 e. The van der Waals surface area contributed by atoms with E-state index in [0.29, 0.717) is 0 Å². The molecule has 1 saturated heterocycles. The summed E-state index contributed by atoms with van der Waals surface area (Å²) in [5.74, 6) is 0.366. The van der Waals surface area contributed by atoms with Crippen LogP contribution in [0.5, 0.6) is 0 Å². The van der Waals surface area contributed by atoms with Gasteiger partial charge >= 0.3 is 0 Å². The lowest BCUT2D eigenvalue weighted by Gasteiger charge is -2.23. The number of aliphatic hydroxyl groups is 1. The Labute approximate surface area is 91.4 Å². The molecule has 0 aliphatic carbocycles. The SMILES string of the molecule is CC(CCCO)NC(=O)C1CCNCC1. The molecule has 1 heterocycles. The molecule has 0 radical (unpaired) electrons. The highest BCUT2D eigenvalue weighted by molar-refractivity contribution is 5.79. The highest BCUT2D eigenvalue weighted by atomic mass is 16.2. The van der Waals surface area contributed by atoms with Crippen LogP contribution < -0.4 is 10.6 Å². The second-order valence-corrected chi connectivity index (χ2v) is 4.30. The molecule has 0 aromatic heterocycles. The summed E-state index contributed by atoms with van der Waals surface area (Å²) in [5.41, 5.74) is 0. The van der Waals surface area contributed by atoms with Gasteiger partial charge in [0.15, 0.2) is 0 Å². The van der Waals surface area contributed by atoms with Crippen molar-refractivity contribution in [3.8, 4) is 0 Å². The number of hydrogen-bond donors (Lipinski definition) is 3. The summed E-state index contributed by atoms with van der Waals surface area (Å²) in [5, 5.41) is 14.9. The van der Waals surface area contributed by atoms with E-state index in [2.05, 4.69) is 10.6 Å². The first kappa shape index (κ1) is 12.5. The largest absolute Gasteiger partial charge is 0.396 e. The van der Waals surface area contributed by atoms with Gasteiger partial charge in [0.2, 0.25) is 5.91 Å². The average molecular weight is 214 g/mol. The zero-order chi connectivity index (χ0) is 11.1. The molecule has 15 heavy (non-hydrogen) atoms. The van der Waals surface area contributed by atoms with Crippen LogP contribution in [0.4, 0.5) is 0 Å². The molecular weight excluding hydrogens is 192 g/mol. The third-order valence-corrected chi connectivity index (χ3v) is 2.89. The monoisotopic (exact) mass is 214 g/mol. The van der Waals surface area contributed by atoms with Gasteiger partial charge in [0.25, 0.3) is 0 Å². The van der Waals surface area contributed by atoms with Gasteiger partial charge in [-0.25, -0.2) is 0 Å². The van der Waals surface area contributed by atoms with Crippen molar-refractivity contribution < 1.29 is 9.90 Å². The van der Waals surface area contributed by atoms with Crippen molar-refractivity contribution in [1.82, 2.24) is 10.6 Å². The predicted octanol–water partition coefficient (Wildman–Crippen LogP) is 0.263. The molecule has 1 amide bonds. The number of amides is 1. The minimum absolute atomic E-state index is 0.180. The van der Waals surface area contributed by atoms with Gasteiger partial charge in [-0.2, -0.15) is 0 Å². The van der Waals surface area contributed by atoms with E-state index in [9.17, 15) is 4.79 Å². The lowest BCUT2D eigenvalue weighted by molar-refractivity contribution is -0.126. The van der Waals surface area contributed by atoms with Gasteiger partial charge in [0.1, 0.15) is 0 Å². The van der Waals surface area contributed by atoms with Gasteiger partial charge in [0.05, 0.1) is 0 Å². The Morgan fingerprint density at radius 1 is 1.53 bits per heavy atom. The molecule has 1 fully saturated rings. The Bertz CT molecular complexity index is 191. The van der Waals surface area contributed by atoms with Crippen LogP contribution in [0, 0.1) is 5.92 Å². The van der Waals surface area contributed by atoms with E-state index in [1.807, 2.05) is 6.92 Å². The van der Waals surface area contributed by atoms with Gasteiger partial charge in [-0.3, -0.25) is 4.79 Å². The maximum atomic E-state index is 11.8. The fraction of sp³-hybridized carbons (Fsp3) is 0.909. The van der Waals surface area contributed by atoms with Crippen LogP contribution in [0.3, 0.4) is 0 Å². The Morgan fingerprint density at radius 2 is 2.20 bits per heavy atom. The number of hydrogen-bond acceptors (Lipinski definition) is 3. The summed E-state index contributed by atoms with van der Waals surface area (Å²) >= 11 is 0. The first-order chi connectivity index (χ1) is 7.24. The second-order valence-electron chi connectivity index (χ2n) is 4.30. The van der Waals surface area contributed by atoms with Gasteiger partial charge in [-0.05, 0) is 45.7 Å². The number of carbonyl (C=O) groups excluding carboxylic acids is 1. The van der Waals surface area contributed by atoms with Crippen LogP contribution in [-0.4, -0.2) is 36.8 Å². The highest BCUT2D eigenvalue weighted by Crippen LogP contribution is 2.12. The average Bonchev–Trinajstić information content (AvgIpc) is 2.27. The molecule has 3 N–H and O–H groups in total. The van der Waals surface area contributed by atoms with E-state index in [1.165, 1.54) is 0 Å². The van der Waals surface area contributed by atoms with E-state index in [1.54, 1.807) is 0 Å². The fourth-order valence-corrected chi connectivity index (χ4v) is 1.91. The second kappa shape index (κ2) is 6.80. The first-order valence-electron chi connectivity index (χ1n) is 5.86. The third-order valence-electron chi connectivity index (χ3n) is 2.89. The van der Waals surface area contributed by atoms with Crippen molar-refractivity contribution in [2.75, 3.05) is 19.7 Å². The maximum absolute atomic E-state index is 11.8. The molecule has 0 aromatic rings. The number of rotatable bonds is 5. The summed E-state index contributed by atoms with van der Waals surface area (Å²) in [6.07, 6.45) is 3.50. The Hall–Kier alpha value is -0.610. The van der Waals surface area contributed by atoms with Crippen molar-refractivity contribution in [2.45, 2.75) is 38.6 Å². The molecule has 88 valence electrons. The van der Waals surface area contributed by atoms with Crippen molar-refractivity contribution in [3.63, 3.8) is 0 Å². The molecule has 4 heteroatoms. The molecule has 1 atom stereocenters. The summed E-state index contributed by atoms with van der Waals surface area (Å²) < 4.78 is 0. The van der Waals surface area contributed by atoms with Crippen LogP contribution >= 0.6 is 0 Å². The van der Waals surface area contributed by atoms with Crippen LogP contribution in [0.2, 0.25) is 0 Å². The molecule has 0 spiro atoms. The van der Waals surface area contributed by atoms with Crippen LogP contribution in [0.1, 0.15) is 32.6 Å². The molecule has 1 rings (SSSR count). The lowest BCUT2D eigenvalue weighted by atomic mass is 9.97. The van der Waals surface area contributed by atoms with Crippen molar-refractivity contribution in [2.24, 2.45) is 5.92 Å².